The normalized spacial score (nSPS) is 11.5. The van der Waals surface area contributed by atoms with Crippen molar-refractivity contribution in [3.8, 4) is 22.8 Å². The highest BCUT2D eigenvalue weighted by Gasteiger charge is 2.30. The molecular formula is C25H21F3N2O4. The molecule has 4 aromatic rings. The summed E-state index contributed by atoms with van der Waals surface area (Å²) in [6.45, 7) is 2.64. The fraction of sp³-hybridized carbons (Fsp3) is 0.200. The maximum atomic E-state index is 12.7. The van der Waals surface area contributed by atoms with Gasteiger partial charge in [0.05, 0.1) is 29.9 Å². The van der Waals surface area contributed by atoms with Gasteiger partial charge in [0, 0.05) is 17.1 Å². The molecule has 0 saturated carbocycles. The fourth-order valence-electron chi connectivity index (χ4n) is 3.73. The average molecular weight is 470 g/mol. The van der Waals surface area contributed by atoms with Crippen LogP contribution < -0.4 is 9.47 Å². The summed E-state index contributed by atoms with van der Waals surface area (Å²) in [6.07, 6.45) is -2.82. The lowest BCUT2D eigenvalue weighted by Gasteiger charge is -2.12. The Hall–Kier alpha value is -4.01. The molecule has 2 heterocycles. The number of aromatic carboxylic acids is 1. The second-order valence-corrected chi connectivity index (χ2v) is 7.41. The lowest BCUT2D eigenvalue weighted by atomic mass is 10.1. The highest BCUT2D eigenvalue weighted by Crippen LogP contribution is 2.32. The third-order valence-corrected chi connectivity index (χ3v) is 5.23. The SMILES string of the molecule is CCOc1cccc(-c2nccc3c2cc(C(=O)O)n3CCOc2ccc(C(F)(F)F)cc2)c1. The molecule has 34 heavy (non-hydrogen) atoms. The number of aromatic nitrogens is 2. The van der Waals surface area contributed by atoms with Gasteiger partial charge in [-0.05, 0) is 55.5 Å². The predicted molar refractivity (Wildman–Crippen MR) is 120 cm³/mol. The van der Waals surface area contributed by atoms with E-state index >= 15 is 0 Å². The molecule has 9 heteroatoms. The number of fused-ring (bicyclic) bond motifs is 1. The van der Waals surface area contributed by atoms with Gasteiger partial charge in [0.1, 0.15) is 23.8 Å². The summed E-state index contributed by atoms with van der Waals surface area (Å²) in [5, 5.41) is 10.4. The lowest BCUT2D eigenvalue weighted by Crippen LogP contribution is -2.13. The van der Waals surface area contributed by atoms with Gasteiger partial charge in [-0.25, -0.2) is 4.79 Å². The van der Waals surface area contributed by atoms with Crippen molar-refractivity contribution in [3.63, 3.8) is 0 Å². The summed E-state index contributed by atoms with van der Waals surface area (Å²) in [5.41, 5.74) is 1.34. The van der Waals surface area contributed by atoms with Crippen molar-refractivity contribution >= 4 is 16.9 Å². The van der Waals surface area contributed by atoms with E-state index in [0.717, 1.165) is 17.7 Å². The molecule has 0 aliphatic heterocycles. The number of ether oxygens (including phenoxy) is 2. The zero-order chi connectivity index (χ0) is 24.3. The molecule has 0 amide bonds. The monoisotopic (exact) mass is 470 g/mol. The van der Waals surface area contributed by atoms with Crippen LogP contribution in [-0.2, 0) is 12.7 Å². The van der Waals surface area contributed by atoms with Gasteiger partial charge in [-0.2, -0.15) is 13.2 Å². The molecular weight excluding hydrogens is 449 g/mol. The topological polar surface area (TPSA) is 73.6 Å². The second-order valence-electron chi connectivity index (χ2n) is 7.41. The van der Waals surface area contributed by atoms with Crippen molar-refractivity contribution in [1.29, 1.82) is 0 Å². The highest BCUT2D eigenvalue weighted by atomic mass is 19.4. The number of hydrogen-bond acceptors (Lipinski definition) is 4. The number of benzene rings is 2. The van der Waals surface area contributed by atoms with E-state index in [4.69, 9.17) is 9.47 Å². The number of pyridine rings is 1. The number of hydrogen-bond donors (Lipinski definition) is 1. The van der Waals surface area contributed by atoms with Crippen LogP contribution in [0.5, 0.6) is 11.5 Å². The molecule has 0 atom stereocenters. The maximum absolute atomic E-state index is 12.7. The van der Waals surface area contributed by atoms with Crippen molar-refractivity contribution in [3.05, 3.63) is 78.1 Å². The molecule has 0 saturated heterocycles. The number of carboxylic acid groups (broad SMARTS) is 1. The Labute approximate surface area is 193 Å². The van der Waals surface area contributed by atoms with E-state index in [1.165, 1.54) is 12.1 Å². The van der Waals surface area contributed by atoms with Gasteiger partial charge in [-0.1, -0.05) is 12.1 Å². The Morgan fingerprint density at radius 2 is 1.79 bits per heavy atom. The van der Waals surface area contributed by atoms with Crippen LogP contribution in [0.3, 0.4) is 0 Å². The fourth-order valence-corrected chi connectivity index (χ4v) is 3.73. The first-order valence-corrected chi connectivity index (χ1v) is 10.5. The van der Waals surface area contributed by atoms with Gasteiger partial charge >= 0.3 is 12.1 Å². The summed E-state index contributed by atoms with van der Waals surface area (Å²) in [7, 11) is 0. The Bertz CT molecular complexity index is 1310. The van der Waals surface area contributed by atoms with E-state index in [9.17, 15) is 23.1 Å². The molecule has 6 nitrogen and oxygen atoms in total. The molecule has 0 aliphatic carbocycles. The Morgan fingerprint density at radius 3 is 2.47 bits per heavy atom. The van der Waals surface area contributed by atoms with Crippen molar-refractivity contribution in [1.82, 2.24) is 9.55 Å². The third kappa shape index (κ3) is 4.83. The lowest BCUT2D eigenvalue weighted by molar-refractivity contribution is -0.137. The molecule has 0 radical (unpaired) electrons. The van der Waals surface area contributed by atoms with Crippen molar-refractivity contribution < 1.29 is 32.5 Å². The summed E-state index contributed by atoms with van der Waals surface area (Å²) in [6, 6.07) is 15.0. The molecule has 0 bridgehead atoms. The van der Waals surface area contributed by atoms with Crippen LogP contribution in [-0.4, -0.2) is 33.8 Å². The van der Waals surface area contributed by atoms with Gasteiger partial charge < -0.3 is 19.1 Å². The number of carbonyl (C=O) groups is 1. The van der Waals surface area contributed by atoms with Gasteiger partial charge in [-0.15, -0.1) is 0 Å². The van der Waals surface area contributed by atoms with Crippen LogP contribution in [0, 0.1) is 0 Å². The zero-order valence-electron chi connectivity index (χ0n) is 18.2. The Balaban J connectivity index is 1.61. The Morgan fingerprint density at radius 1 is 1.03 bits per heavy atom. The van der Waals surface area contributed by atoms with E-state index in [1.54, 1.807) is 22.9 Å². The predicted octanol–water partition coefficient (Wildman–Crippen LogP) is 5.90. The van der Waals surface area contributed by atoms with E-state index in [2.05, 4.69) is 4.98 Å². The van der Waals surface area contributed by atoms with E-state index < -0.39 is 17.7 Å². The van der Waals surface area contributed by atoms with Crippen LogP contribution in [0.4, 0.5) is 13.2 Å². The summed E-state index contributed by atoms with van der Waals surface area (Å²) in [4.78, 5) is 16.4. The average Bonchev–Trinajstić information content (AvgIpc) is 3.18. The quantitative estimate of drug-likeness (QED) is 0.347. The minimum Gasteiger partial charge on any atom is -0.494 e. The number of carboxylic acids is 1. The molecule has 0 spiro atoms. The van der Waals surface area contributed by atoms with Crippen LogP contribution in [0.2, 0.25) is 0 Å². The Kier molecular flexibility index (Phi) is 6.45. The zero-order valence-corrected chi connectivity index (χ0v) is 18.2. The number of nitrogens with zero attached hydrogens (tertiary/aromatic N) is 2. The molecule has 0 aliphatic rings. The first kappa shape index (κ1) is 23.2. The largest absolute Gasteiger partial charge is 0.494 e. The minimum atomic E-state index is -4.42. The van der Waals surface area contributed by atoms with Crippen molar-refractivity contribution in [2.75, 3.05) is 13.2 Å². The number of halogens is 3. The standard InChI is InChI=1S/C25H21F3N2O4/c1-2-33-19-5-3-4-16(14-19)23-20-15-22(24(31)32)30(21(20)10-11-29-23)12-13-34-18-8-6-17(7-9-18)25(26,27)28/h3-11,14-15H,2,12-13H2,1H3,(H,31,32). The van der Waals surface area contributed by atoms with Crippen LogP contribution in [0.25, 0.3) is 22.2 Å². The second kappa shape index (κ2) is 9.46. The van der Waals surface area contributed by atoms with Crippen molar-refractivity contribution in [2.24, 2.45) is 0 Å². The maximum Gasteiger partial charge on any atom is 0.416 e. The first-order chi connectivity index (χ1) is 16.3. The molecule has 176 valence electrons. The van der Waals surface area contributed by atoms with E-state index in [0.29, 0.717) is 29.0 Å². The minimum absolute atomic E-state index is 0.0567. The van der Waals surface area contributed by atoms with Crippen LogP contribution in [0.1, 0.15) is 23.0 Å². The van der Waals surface area contributed by atoms with Crippen molar-refractivity contribution in [2.45, 2.75) is 19.6 Å². The molecule has 0 fully saturated rings. The highest BCUT2D eigenvalue weighted by molar-refractivity contribution is 6.00. The van der Waals surface area contributed by atoms with Gasteiger partial charge in [-0.3, -0.25) is 4.98 Å². The number of rotatable bonds is 8. The number of alkyl halides is 3. The molecule has 0 unspecified atom stereocenters. The van der Waals surface area contributed by atoms with E-state index in [-0.39, 0.29) is 24.6 Å². The molecule has 2 aromatic carbocycles. The summed E-state index contributed by atoms with van der Waals surface area (Å²) >= 11 is 0. The van der Waals surface area contributed by atoms with Gasteiger partial charge in [0.15, 0.2) is 0 Å². The van der Waals surface area contributed by atoms with Gasteiger partial charge in [0.25, 0.3) is 0 Å². The summed E-state index contributed by atoms with van der Waals surface area (Å²) in [5.74, 6) is -0.169. The molecule has 4 rings (SSSR count). The van der Waals surface area contributed by atoms with Crippen LogP contribution >= 0.6 is 0 Å². The smallest absolute Gasteiger partial charge is 0.416 e. The summed E-state index contributed by atoms with van der Waals surface area (Å²) < 4.78 is 50.9. The third-order valence-electron chi connectivity index (χ3n) is 5.23. The molecule has 1 N–H and O–H groups in total. The van der Waals surface area contributed by atoms with Gasteiger partial charge in [0.2, 0.25) is 0 Å². The molecule has 2 aromatic heterocycles. The van der Waals surface area contributed by atoms with Crippen LogP contribution in [0.15, 0.2) is 66.9 Å². The van der Waals surface area contributed by atoms with E-state index in [1.807, 2.05) is 31.2 Å². The first-order valence-electron chi connectivity index (χ1n) is 10.5.